The van der Waals surface area contributed by atoms with Gasteiger partial charge < -0.3 is 26.6 Å². The molecule has 1 aromatic carbocycles. The number of fused-ring (bicyclic) bond motifs is 1. The molecule has 3 aromatic rings. The average molecular weight is 425 g/mol. The molecule has 0 bridgehead atoms. The van der Waals surface area contributed by atoms with Gasteiger partial charge in [-0.05, 0) is 30.7 Å². The molecule has 0 fully saturated rings. The van der Waals surface area contributed by atoms with Crippen LogP contribution in [0.3, 0.4) is 0 Å². The molecular weight excluding hydrogens is 406 g/mol. The fourth-order valence-corrected chi connectivity index (χ4v) is 2.66. The Labute approximate surface area is 175 Å². The first-order valence-corrected chi connectivity index (χ1v) is 9.15. The number of nitrogen functional groups attached to an aromatic ring is 1. The molecule has 0 aliphatic heterocycles. The molecule has 12 heteroatoms. The lowest BCUT2D eigenvalue weighted by atomic mass is 10.1. The van der Waals surface area contributed by atoms with Gasteiger partial charge in [0.15, 0.2) is 5.65 Å². The molecule has 0 unspecified atom stereocenters. The Bertz CT molecular complexity index is 1120. The Kier molecular flexibility index (Phi) is 6.50. The number of rotatable bonds is 9. The smallest absolute Gasteiger partial charge is 0.326 e. The van der Waals surface area contributed by atoms with Crippen molar-refractivity contribution in [3.05, 3.63) is 47.9 Å². The second kappa shape index (κ2) is 9.43. The van der Waals surface area contributed by atoms with Gasteiger partial charge in [-0.2, -0.15) is 4.98 Å². The summed E-state index contributed by atoms with van der Waals surface area (Å²) in [4.78, 5) is 50.5. The van der Waals surface area contributed by atoms with Gasteiger partial charge in [-0.1, -0.05) is 0 Å². The van der Waals surface area contributed by atoms with E-state index in [9.17, 15) is 14.4 Å². The third-order valence-electron chi connectivity index (χ3n) is 4.24. The van der Waals surface area contributed by atoms with Gasteiger partial charge in [0.05, 0.1) is 24.6 Å². The SMILES string of the molecule is Nc1ncc2nc(CNc3ccc(C(=O)N[C@H](CCC(=O)O)C(=O)O)cc3)cnc2n1. The zero-order valence-corrected chi connectivity index (χ0v) is 16.1. The summed E-state index contributed by atoms with van der Waals surface area (Å²) in [6, 6.07) is 5.07. The third kappa shape index (κ3) is 5.82. The van der Waals surface area contributed by atoms with Crippen LogP contribution in [0.4, 0.5) is 11.6 Å². The van der Waals surface area contributed by atoms with Crippen LogP contribution in [0.1, 0.15) is 28.9 Å². The Morgan fingerprint density at radius 3 is 2.45 bits per heavy atom. The first-order chi connectivity index (χ1) is 14.8. The van der Waals surface area contributed by atoms with E-state index in [0.29, 0.717) is 29.1 Å². The summed E-state index contributed by atoms with van der Waals surface area (Å²) in [6.45, 7) is 0.356. The minimum absolute atomic E-state index is 0.119. The van der Waals surface area contributed by atoms with E-state index in [1.54, 1.807) is 18.3 Å². The summed E-state index contributed by atoms with van der Waals surface area (Å²) in [6.07, 6.45) is 2.48. The molecule has 0 spiro atoms. The Morgan fingerprint density at radius 2 is 1.77 bits per heavy atom. The maximum atomic E-state index is 12.3. The summed E-state index contributed by atoms with van der Waals surface area (Å²) in [5.74, 6) is -2.92. The van der Waals surface area contributed by atoms with Gasteiger partial charge in [0.25, 0.3) is 5.91 Å². The highest BCUT2D eigenvalue weighted by Gasteiger charge is 2.21. The lowest BCUT2D eigenvalue weighted by Gasteiger charge is -2.14. The lowest BCUT2D eigenvalue weighted by Crippen LogP contribution is -2.41. The number of aliphatic carboxylic acids is 2. The minimum atomic E-state index is -1.29. The summed E-state index contributed by atoms with van der Waals surface area (Å²) in [7, 11) is 0. The maximum Gasteiger partial charge on any atom is 0.326 e. The van der Waals surface area contributed by atoms with Crippen molar-refractivity contribution in [1.29, 1.82) is 0 Å². The van der Waals surface area contributed by atoms with Crippen LogP contribution >= 0.6 is 0 Å². The van der Waals surface area contributed by atoms with Crippen molar-refractivity contribution in [2.24, 2.45) is 0 Å². The first-order valence-electron chi connectivity index (χ1n) is 9.15. The van der Waals surface area contributed by atoms with Crippen molar-refractivity contribution >= 4 is 40.6 Å². The van der Waals surface area contributed by atoms with Crippen molar-refractivity contribution in [3.63, 3.8) is 0 Å². The fourth-order valence-electron chi connectivity index (χ4n) is 2.66. The van der Waals surface area contributed by atoms with E-state index in [4.69, 9.17) is 15.9 Å². The highest BCUT2D eigenvalue weighted by molar-refractivity contribution is 5.96. The molecule has 2 aromatic heterocycles. The van der Waals surface area contributed by atoms with Crippen molar-refractivity contribution < 1.29 is 24.6 Å². The second-order valence-corrected chi connectivity index (χ2v) is 6.53. The number of nitrogens with one attached hydrogen (secondary N) is 2. The van der Waals surface area contributed by atoms with Crippen LogP contribution in [0.5, 0.6) is 0 Å². The molecule has 0 aliphatic carbocycles. The predicted octanol–water partition coefficient (Wildman–Crippen LogP) is 0.662. The Morgan fingerprint density at radius 1 is 1.03 bits per heavy atom. The van der Waals surface area contributed by atoms with Gasteiger partial charge in [-0.3, -0.25) is 9.59 Å². The van der Waals surface area contributed by atoms with Crippen LogP contribution < -0.4 is 16.4 Å². The molecule has 1 atom stereocenters. The van der Waals surface area contributed by atoms with Gasteiger partial charge in [-0.25, -0.2) is 19.7 Å². The highest BCUT2D eigenvalue weighted by atomic mass is 16.4. The number of aromatic nitrogens is 4. The van der Waals surface area contributed by atoms with E-state index in [1.165, 1.54) is 18.3 Å². The van der Waals surface area contributed by atoms with E-state index >= 15 is 0 Å². The number of carbonyl (C=O) groups excluding carboxylic acids is 1. The number of benzene rings is 1. The molecule has 1 amide bonds. The first kappa shape index (κ1) is 21.4. The van der Waals surface area contributed by atoms with Gasteiger partial charge in [-0.15, -0.1) is 0 Å². The molecule has 0 saturated heterocycles. The second-order valence-electron chi connectivity index (χ2n) is 6.53. The summed E-state index contributed by atoms with van der Waals surface area (Å²) < 4.78 is 0. The summed E-state index contributed by atoms with van der Waals surface area (Å²) in [5, 5.41) is 23.3. The topological polar surface area (TPSA) is 193 Å². The molecule has 31 heavy (non-hydrogen) atoms. The number of hydrogen-bond donors (Lipinski definition) is 5. The number of carboxylic acids is 2. The molecule has 12 nitrogen and oxygen atoms in total. The normalized spacial score (nSPS) is 11.6. The molecule has 0 radical (unpaired) electrons. The molecule has 0 aliphatic rings. The average Bonchev–Trinajstić information content (AvgIpc) is 2.75. The monoisotopic (exact) mass is 425 g/mol. The standard InChI is InChI=1S/C19H19N7O5/c20-19-23-9-14-16(26-19)22-8-12(24-14)7-21-11-3-1-10(2-4-11)17(29)25-13(18(30)31)5-6-15(27)28/h1-4,8-9,13,21H,5-7H2,(H,25,29)(H,27,28)(H,30,31)(H2,20,22,23,26)/t13-/m1/s1. The molecule has 3 rings (SSSR count). The van der Waals surface area contributed by atoms with E-state index < -0.39 is 23.9 Å². The zero-order valence-electron chi connectivity index (χ0n) is 16.1. The quantitative estimate of drug-likeness (QED) is 0.323. The van der Waals surface area contributed by atoms with E-state index in [-0.39, 0.29) is 24.4 Å². The summed E-state index contributed by atoms with van der Waals surface area (Å²) >= 11 is 0. The van der Waals surface area contributed by atoms with Crippen LogP contribution in [0.25, 0.3) is 11.2 Å². The Balaban J connectivity index is 1.59. The molecular formula is C19H19N7O5. The molecule has 0 saturated carbocycles. The van der Waals surface area contributed by atoms with Crippen molar-refractivity contribution in [2.75, 3.05) is 11.1 Å². The number of hydrogen-bond acceptors (Lipinski definition) is 9. The van der Waals surface area contributed by atoms with E-state index in [1.807, 2.05) is 0 Å². The number of carboxylic acid groups (broad SMARTS) is 2. The zero-order chi connectivity index (χ0) is 22.4. The number of amides is 1. The Hall–Kier alpha value is -4.35. The number of anilines is 2. The van der Waals surface area contributed by atoms with Gasteiger partial charge in [0, 0.05) is 17.7 Å². The number of nitrogens with two attached hydrogens (primary N) is 1. The minimum Gasteiger partial charge on any atom is -0.481 e. The third-order valence-corrected chi connectivity index (χ3v) is 4.24. The van der Waals surface area contributed by atoms with Crippen molar-refractivity contribution in [3.8, 4) is 0 Å². The molecule has 160 valence electrons. The van der Waals surface area contributed by atoms with Crippen LogP contribution in [-0.4, -0.2) is 54.0 Å². The van der Waals surface area contributed by atoms with Gasteiger partial charge in [0.2, 0.25) is 5.95 Å². The molecule has 2 heterocycles. The van der Waals surface area contributed by atoms with E-state index in [2.05, 4.69) is 30.6 Å². The summed E-state index contributed by atoms with van der Waals surface area (Å²) in [5.41, 5.74) is 8.01. The number of nitrogens with zero attached hydrogens (tertiary/aromatic N) is 4. The maximum absolute atomic E-state index is 12.3. The van der Waals surface area contributed by atoms with Crippen molar-refractivity contribution in [1.82, 2.24) is 25.3 Å². The van der Waals surface area contributed by atoms with E-state index in [0.717, 1.165) is 0 Å². The number of carbonyl (C=O) groups is 3. The van der Waals surface area contributed by atoms with Crippen LogP contribution in [-0.2, 0) is 16.1 Å². The van der Waals surface area contributed by atoms with Gasteiger partial charge in [0.1, 0.15) is 11.6 Å². The fraction of sp³-hybridized carbons (Fsp3) is 0.211. The van der Waals surface area contributed by atoms with Crippen LogP contribution in [0.15, 0.2) is 36.7 Å². The van der Waals surface area contributed by atoms with Crippen LogP contribution in [0, 0.1) is 0 Å². The van der Waals surface area contributed by atoms with Crippen LogP contribution in [0.2, 0.25) is 0 Å². The molecule has 6 N–H and O–H groups in total. The van der Waals surface area contributed by atoms with Gasteiger partial charge >= 0.3 is 11.9 Å². The predicted molar refractivity (Wildman–Crippen MR) is 109 cm³/mol. The largest absolute Gasteiger partial charge is 0.481 e. The van der Waals surface area contributed by atoms with Crippen molar-refractivity contribution in [2.45, 2.75) is 25.4 Å². The highest BCUT2D eigenvalue weighted by Crippen LogP contribution is 2.13. The lowest BCUT2D eigenvalue weighted by molar-refractivity contribution is -0.140.